The van der Waals surface area contributed by atoms with Crippen LogP contribution in [-0.4, -0.2) is 64.6 Å². The Kier molecular flexibility index (Phi) is 9.38. The average molecular weight is 654 g/mol. The molecule has 0 saturated carbocycles. The molecule has 6 rings (SSSR count). The Bertz CT molecular complexity index is 1670. The van der Waals surface area contributed by atoms with Gasteiger partial charge in [-0.25, -0.2) is 0 Å². The lowest BCUT2D eigenvalue weighted by Crippen LogP contribution is -2.45. The maximum absolute atomic E-state index is 12.4. The fourth-order valence-corrected chi connectivity index (χ4v) is 5.62. The summed E-state index contributed by atoms with van der Waals surface area (Å²) in [5.41, 5.74) is 4.04. The second-order valence-corrected chi connectivity index (χ2v) is 11.5. The predicted molar refractivity (Wildman–Crippen MR) is 166 cm³/mol. The normalized spacial score (nSPS) is 16.7. The number of hydrogen-bond acceptors (Lipinski definition) is 9. The molecule has 0 bridgehead atoms. The van der Waals surface area contributed by atoms with Gasteiger partial charge < -0.3 is 34.0 Å². The number of alkyl halides is 3. The Labute approximate surface area is 269 Å². The molecule has 11 nitrogen and oxygen atoms in total. The Morgan fingerprint density at radius 3 is 2.32 bits per heavy atom. The molecule has 3 aromatic carbocycles. The van der Waals surface area contributed by atoms with Crippen molar-refractivity contribution in [3.05, 3.63) is 99.7 Å². The van der Waals surface area contributed by atoms with Crippen LogP contribution in [0.1, 0.15) is 23.1 Å². The van der Waals surface area contributed by atoms with Crippen LogP contribution in [0.3, 0.4) is 0 Å². The van der Waals surface area contributed by atoms with Crippen LogP contribution in [0.25, 0.3) is 0 Å². The van der Waals surface area contributed by atoms with E-state index in [1.165, 1.54) is 23.9 Å². The predicted octanol–water partition coefficient (Wildman–Crippen LogP) is 6.13. The third-order valence-corrected chi connectivity index (χ3v) is 8.09. The molecule has 14 heteroatoms. The third kappa shape index (κ3) is 8.44. The Morgan fingerprint density at radius 1 is 0.936 bits per heavy atom. The van der Waals surface area contributed by atoms with E-state index in [-0.39, 0.29) is 30.3 Å². The van der Waals surface area contributed by atoms with Crippen LogP contribution in [0.15, 0.2) is 72.9 Å². The minimum atomic E-state index is -4.72. The molecule has 1 atom stereocenters. The number of aromatic nitrogens is 2. The number of halogens is 3. The number of nitrogens with zero attached hydrogens (tertiary/aromatic N) is 5. The monoisotopic (exact) mass is 653 g/mol. The molecule has 0 aliphatic carbocycles. The number of nitro groups is 1. The van der Waals surface area contributed by atoms with Crippen LogP contribution < -0.4 is 23.8 Å². The van der Waals surface area contributed by atoms with Gasteiger partial charge in [-0.2, -0.15) is 0 Å². The Hall–Kier alpha value is -4.98. The summed E-state index contributed by atoms with van der Waals surface area (Å²) in [6.45, 7) is 7.55. The summed E-state index contributed by atoms with van der Waals surface area (Å²) in [6, 6.07) is 20.0. The zero-order chi connectivity index (χ0) is 33.0. The zero-order valence-corrected chi connectivity index (χ0v) is 25.7. The molecule has 0 unspecified atom stereocenters. The summed E-state index contributed by atoms with van der Waals surface area (Å²) in [6.07, 6.45) is -2.89. The van der Waals surface area contributed by atoms with Crippen molar-refractivity contribution in [2.45, 2.75) is 45.5 Å². The lowest BCUT2D eigenvalue weighted by molar-refractivity contribution is -0.389. The smallest absolute Gasteiger partial charge is 0.490 e. The second-order valence-electron chi connectivity index (χ2n) is 11.5. The summed E-state index contributed by atoms with van der Waals surface area (Å²) in [5, 5.41) is 11.0. The molecule has 0 spiro atoms. The molecule has 1 saturated heterocycles. The topological polar surface area (TPSA) is 104 Å². The number of anilines is 1. The molecule has 2 aliphatic rings. The molecule has 0 amide bonds. The van der Waals surface area contributed by atoms with Crippen molar-refractivity contribution in [3.8, 4) is 23.3 Å². The van der Waals surface area contributed by atoms with Crippen molar-refractivity contribution in [2.24, 2.45) is 0 Å². The van der Waals surface area contributed by atoms with Crippen molar-refractivity contribution in [1.82, 2.24) is 14.5 Å². The first-order valence-electron chi connectivity index (χ1n) is 15.2. The van der Waals surface area contributed by atoms with Crippen LogP contribution in [0, 0.1) is 17.0 Å². The van der Waals surface area contributed by atoms with Crippen molar-refractivity contribution < 1.29 is 37.0 Å². The fraction of sp³-hybridized carbons (Fsp3) is 0.364. The van der Waals surface area contributed by atoms with Gasteiger partial charge >= 0.3 is 18.2 Å². The van der Waals surface area contributed by atoms with E-state index in [0.29, 0.717) is 19.6 Å². The molecular weight excluding hydrogens is 619 g/mol. The number of rotatable bonds is 11. The lowest BCUT2D eigenvalue weighted by Gasteiger charge is -2.36. The lowest BCUT2D eigenvalue weighted by atomic mass is 10.1. The van der Waals surface area contributed by atoms with E-state index in [4.69, 9.17) is 14.2 Å². The van der Waals surface area contributed by atoms with Crippen LogP contribution in [-0.2, 0) is 19.7 Å². The van der Waals surface area contributed by atoms with E-state index < -0.39 is 11.3 Å². The van der Waals surface area contributed by atoms with Gasteiger partial charge in [-0.1, -0.05) is 24.3 Å². The van der Waals surface area contributed by atoms with E-state index >= 15 is 0 Å². The van der Waals surface area contributed by atoms with E-state index in [0.717, 1.165) is 61.0 Å². The van der Waals surface area contributed by atoms with Gasteiger partial charge in [-0.3, -0.25) is 9.47 Å². The second kappa shape index (κ2) is 13.8. The quantitative estimate of drug-likeness (QED) is 0.140. The standard InChI is InChI=1S/C33H34F3N5O6/c1-23-18-25(4-11-30(23)45-21-24-2-7-28(8-3-24)47-33(34,35)36)19-38-14-16-39(17-15-38)26-5-9-27(10-6-26)44-22-29-12-13-40-20-31(41(42)43)37-32(40)46-29/h2-11,18,20,29H,12-17,19,21-22H2,1H3/t29-/m1/s1. The number of hydrogen-bond donors (Lipinski definition) is 0. The maximum atomic E-state index is 12.4. The van der Waals surface area contributed by atoms with Crippen molar-refractivity contribution >= 4 is 11.5 Å². The SMILES string of the molecule is Cc1cc(CN2CCN(c3ccc(OC[C@H]4CCn5cc([N+](=O)[O-])nc5O4)cc3)CC2)ccc1OCc1ccc(OC(F)(F)F)cc1. The van der Waals surface area contributed by atoms with Gasteiger partial charge in [0.05, 0.1) is 0 Å². The van der Waals surface area contributed by atoms with Crippen molar-refractivity contribution in [1.29, 1.82) is 0 Å². The van der Waals surface area contributed by atoms with Crippen molar-refractivity contribution in [3.63, 3.8) is 0 Å². The molecule has 1 aromatic heterocycles. The van der Waals surface area contributed by atoms with Crippen LogP contribution in [0.5, 0.6) is 23.3 Å². The summed E-state index contributed by atoms with van der Waals surface area (Å²) in [5.74, 6) is 0.973. The largest absolute Gasteiger partial charge is 0.573 e. The number of benzene rings is 3. The highest BCUT2D eigenvalue weighted by atomic mass is 19.4. The minimum absolute atomic E-state index is 0.221. The average Bonchev–Trinajstić information content (AvgIpc) is 3.48. The molecule has 0 N–H and O–H groups in total. The summed E-state index contributed by atoms with van der Waals surface area (Å²) in [7, 11) is 0. The zero-order valence-electron chi connectivity index (χ0n) is 25.7. The van der Waals surface area contributed by atoms with Gasteiger partial charge in [-0.05, 0) is 71.0 Å². The Balaban J connectivity index is 0.925. The highest BCUT2D eigenvalue weighted by Crippen LogP contribution is 2.27. The molecule has 3 heterocycles. The minimum Gasteiger partial charge on any atom is -0.490 e. The molecule has 47 heavy (non-hydrogen) atoms. The van der Waals surface area contributed by atoms with Gasteiger partial charge in [0.25, 0.3) is 0 Å². The number of ether oxygens (including phenoxy) is 4. The first-order chi connectivity index (χ1) is 22.6. The summed E-state index contributed by atoms with van der Waals surface area (Å²) < 4.78 is 60.3. The van der Waals surface area contributed by atoms with E-state index in [2.05, 4.69) is 37.7 Å². The molecule has 4 aromatic rings. The van der Waals surface area contributed by atoms with E-state index in [1.54, 1.807) is 16.7 Å². The van der Waals surface area contributed by atoms with Crippen LogP contribution in [0.4, 0.5) is 24.7 Å². The molecule has 248 valence electrons. The van der Waals surface area contributed by atoms with E-state index in [1.807, 2.05) is 31.2 Å². The maximum Gasteiger partial charge on any atom is 0.573 e. The number of piperazine rings is 1. The molecular formula is C33H34F3N5O6. The number of imidazole rings is 1. The third-order valence-electron chi connectivity index (χ3n) is 8.09. The van der Waals surface area contributed by atoms with Gasteiger partial charge in [0.1, 0.15) is 42.8 Å². The Morgan fingerprint density at radius 2 is 1.64 bits per heavy atom. The van der Waals surface area contributed by atoms with E-state index in [9.17, 15) is 23.3 Å². The first kappa shape index (κ1) is 32.0. The van der Waals surface area contributed by atoms with Gasteiger partial charge in [0.15, 0.2) is 0 Å². The van der Waals surface area contributed by atoms with Gasteiger partial charge in [0.2, 0.25) is 0 Å². The first-order valence-corrected chi connectivity index (χ1v) is 15.2. The van der Waals surface area contributed by atoms with Crippen molar-refractivity contribution in [2.75, 3.05) is 37.7 Å². The van der Waals surface area contributed by atoms with Gasteiger partial charge in [0, 0.05) is 56.4 Å². The molecule has 1 fully saturated rings. The highest BCUT2D eigenvalue weighted by Gasteiger charge is 2.31. The molecule has 2 aliphatic heterocycles. The summed E-state index contributed by atoms with van der Waals surface area (Å²) in [4.78, 5) is 19.1. The number of aryl methyl sites for hydroxylation is 2. The number of fused-ring (bicyclic) bond motifs is 1. The van der Waals surface area contributed by atoms with Gasteiger partial charge in [-0.15, -0.1) is 13.2 Å². The molecule has 0 radical (unpaired) electrons. The fourth-order valence-electron chi connectivity index (χ4n) is 5.62. The highest BCUT2D eigenvalue weighted by molar-refractivity contribution is 5.49. The van der Waals surface area contributed by atoms with Crippen LogP contribution >= 0.6 is 0 Å². The summed E-state index contributed by atoms with van der Waals surface area (Å²) >= 11 is 0. The van der Waals surface area contributed by atoms with Crippen LogP contribution in [0.2, 0.25) is 0 Å².